The van der Waals surface area contributed by atoms with Gasteiger partial charge in [-0.25, -0.2) is 0 Å². The van der Waals surface area contributed by atoms with Crippen molar-refractivity contribution in [3.05, 3.63) is 29.3 Å². The van der Waals surface area contributed by atoms with E-state index < -0.39 is 12.0 Å². The van der Waals surface area contributed by atoms with Crippen LogP contribution in [0.2, 0.25) is 0 Å². The first-order valence-electron chi connectivity index (χ1n) is 5.83. The Morgan fingerprint density at radius 2 is 2.05 bits per heavy atom. The number of benzene rings is 1. The number of rotatable bonds is 6. The zero-order valence-corrected chi connectivity index (χ0v) is 11.8. The Morgan fingerprint density at radius 3 is 2.63 bits per heavy atom. The highest BCUT2D eigenvalue weighted by molar-refractivity contribution is 8.00. The van der Waals surface area contributed by atoms with Crippen LogP contribution in [0.5, 0.6) is 0 Å². The lowest BCUT2D eigenvalue weighted by Crippen LogP contribution is -2.33. The molecule has 1 amide bonds. The first-order valence-corrected chi connectivity index (χ1v) is 6.99. The average Bonchev–Trinajstić information content (AvgIpc) is 2.33. The van der Waals surface area contributed by atoms with Gasteiger partial charge in [0.1, 0.15) is 6.04 Å². The molecule has 0 aliphatic rings. The van der Waals surface area contributed by atoms with Gasteiger partial charge >= 0.3 is 5.97 Å². The normalized spacial score (nSPS) is 11.9. The number of aliphatic carboxylic acids is 1. The zero-order chi connectivity index (χ0) is 14.4. The molecule has 0 saturated carbocycles. The highest BCUT2D eigenvalue weighted by Gasteiger charge is 2.12. The molecule has 0 heterocycles. The SMILES string of the molecule is Cc1ccc(NC(=O)CSC[C@@H](N)C(=O)O)cc1C. The minimum absolute atomic E-state index is 0.161. The summed E-state index contributed by atoms with van der Waals surface area (Å²) in [5.74, 6) is -0.809. The summed E-state index contributed by atoms with van der Waals surface area (Å²) in [6, 6.07) is 4.76. The first-order chi connectivity index (χ1) is 8.90. The zero-order valence-electron chi connectivity index (χ0n) is 11.0. The summed E-state index contributed by atoms with van der Waals surface area (Å²) in [4.78, 5) is 22.1. The summed E-state index contributed by atoms with van der Waals surface area (Å²) >= 11 is 1.21. The maximum atomic E-state index is 11.6. The highest BCUT2D eigenvalue weighted by Crippen LogP contribution is 2.14. The summed E-state index contributed by atoms with van der Waals surface area (Å²) in [7, 11) is 0. The second-order valence-corrected chi connectivity index (χ2v) is 5.34. The van der Waals surface area contributed by atoms with Crippen LogP contribution in [-0.4, -0.2) is 34.5 Å². The number of hydrogen-bond acceptors (Lipinski definition) is 4. The van der Waals surface area contributed by atoms with Gasteiger partial charge < -0.3 is 16.2 Å². The number of carboxylic acid groups (broad SMARTS) is 1. The molecule has 4 N–H and O–H groups in total. The molecular weight excluding hydrogens is 264 g/mol. The highest BCUT2D eigenvalue weighted by atomic mass is 32.2. The Morgan fingerprint density at radius 1 is 1.37 bits per heavy atom. The molecule has 0 aliphatic heterocycles. The summed E-state index contributed by atoms with van der Waals surface area (Å²) in [5.41, 5.74) is 8.36. The molecule has 0 bridgehead atoms. The molecule has 1 aromatic rings. The maximum absolute atomic E-state index is 11.6. The van der Waals surface area contributed by atoms with E-state index in [1.807, 2.05) is 32.0 Å². The minimum Gasteiger partial charge on any atom is -0.480 e. The van der Waals surface area contributed by atoms with Crippen molar-refractivity contribution in [1.82, 2.24) is 0 Å². The van der Waals surface area contributed by atoms with Gasteiger partial charge in [-0.2, -0.15) is 0 Å². The van der Waals surface area contributed by atoms with Crippen LogP contribution >= 0.6 is 11.8 Å². The molecule has 104 valence electrons. The number of carbonyl (C=O) groups is 2. The molecule has 0 aliphatic carbocycles. The molecule has 1 atom stereocenters. The Hall–Kier alpha value is -1.53. The van der Waals surface area contributed by atoms with Gasteiger partial charge in [-0.15, -0.1) is 11.8 Å². The number of aryl methyl sites for hydroxylation is 2. The van der Waals surface area contributed by atoms with Crippen LogP contribution in [0.3, 0.4) is 0 Å². The van der Waals surface area contributed by atoms with Gasteiger partial charge in [0.25, 0.3) is 0 Å². The second kappa shape index (κ2) is 7.16. The van der Waals surface area contributed by atoms with Gasteiger partial charge in [0.2, 0.25) is 5.91 Å². The van der Waals surface area contributed by atoms with E-state index in [9.17, 15) is 9.59 Å². The number of nitrogens with two attached hydrogens (primary N) is 1. The van der Waals surface area contributed by atoms with E-state index in [0.29, 0.717) is 0 Å². The van der Waals surface area contributed by atoms with Crippen LogP contribution in [0, 0.1) is 13.8 Å². The second-order valence-electron chi connectivity index (χ2n) is 4.31. The van der Waals surface area contributed by atoms with Gasteiger partial charge in [0.05, 0.1) is 5.75 Å². The lowest BCUT2D eigenvalue weighted by Gasteiger charge is -2.08. The topological polar surface area (TPSA) is 92.4 Å². The van der Waals surface area contributed by atoms with Crippen LogP contribution in [0.4, 0.5) is 5.69 Å². The molecule has 1 rings (SSSR count). The molecule has 19 heavy (non-hydrogen) atoms. The van der Waals surface area contributed by atoms with Gasteiger partial charge in [0.15, 0.2) is 0 Å². The van der Waals surface area contributed by atoms with Crippen molar-refractivity contribution in [2.24, 2.45) is 5.73 Å². The quantitative estimate of drug-likeness (QED) is 0.733. The third-order valence-corrected chi connectivity index (χ3v) is 3.70. The van der Waals surface area contributed by atoms with E-state index >= 15 is 0 Å². The summed E-state index contributed by atoms with van der Waals surface area (Å²) < 4.78 is 0. The monoisotopic (exact) mass is 282 g/mol. The van der Waals surface area contributed by atoms with Crippen LogP contribution in [0.25, 0.3) is 0 Å². The molecular formula is C13H18N2O3S. The summed E-state index contributed by atoms with van der Waals surface area (Å²) in [6.07, 6.45) is 0. The first kappa shape index (κ1) is 15.5. The molecule has 0 unspecified atom stereocenters. The van der Waals surface area contributed by atoms with Crippen molar-refractivity contribution in [2.45, 2.75) is 19.9 Å². The predicted molar refractivity (Wildman–Crippen MR) is 77.5 cm³/mol. The fourth-order valence-corrected chi connectivity index (χ4v) is 2.14. The average molecular weight is 282 g/mol. The third-order valence-electron chi connectivity index (χ3n) is 2.64. The van der Waals surface area contributed by atoms with E-state index in [1.54, 1.807) is 0 Å². The van der Waals surface area contributed by atoms with Crippen molar-refractivity contribution < 1.29 is 14.7 Å². The van der Waals surface area contributed by atoms with Crippen LogP contribution in [-0.2, 0) is 9.59 Å². The number of carboxylic acids is 1. The van der Waals surface area contributed by atoms with E-state index in [1.165, 1.54) is 17.3 Å². The third kappa shape index (κ3) is 5.32. The van der Waals surface area contributed by atoms with E-state index in [4.69, 9.17) is 10.8 Å². The largest absolute Gasteiger partial charge is 0.480 e. The van der Waals surface area contributed by atoms with Gasteiger partial charge in [-0.1, -0.05) is 6.07 Å². The summed E-state index contributed by atoms with van der Waals surface area (Å²) in [5, 5.41) is 11.4. The Kier molecular flexibility index (Phi) is 5.85. The fourth-order valence-electron chi connectivity index (χ4n) is 1.37. The lowest BCUT2D eigenvalue weighted by molar-refractivity contribution is -0.137. The van der Waals surface area contributed by atoms with Crippen molar-refractivity contribution in [3.63, 3.8) is 0 Å². The van der Waals surface area contributed by atoms with Crippen LogP contribution < -0.4 is 11.1 Å². The van der Waals surface area contributed by atoms with Crippen LogP contribution in [0.15, 0.2) is 18.2 Å². The Labute approximate surface area is 116 Å². The van der Waals surface area contributed by atoms with Gasteiger partial charge in [0, 0.05) is 11.4 Å². The Balaban J connectivity index is 2.39. The van der Waals surface area contributed by atoms with Gasteiger partial charge in [-0.05, 0) is 37.1 Å². The predicted octanol–water partition coefficient (Wildman–Crippen LogP) is 1.39. The Bertz CT molecular complexity index is 477. The van der Waals surface area contributed by atoms with E-state index in [-0.39, 0.29) is 17.4 Å². The standard InChI is InChI=1S/C13H18N2O3S/c1-8-3-4-10(5-9(8)2)15-12(16)7-19-6-11(14)13(17)18/h3-5,11H,6-7,14H2,1-2H3,(H,15,16)(H,17,18)/t11-/m1/s1. The molecule has 0 radical (unpaired) electrons. The van der Waals surface area contributed by atoms with Crippen molar-refractivity contribution in [3.8, 4) is 0 Å². The molecule has 0 saturated heterocycles. The fraction of sp³-hybridized carbons (Fsp3) is 0.385. The van der Waals surface area contributed by atoms with Crippen molar-refractivity contribution in [2.75, 3.05) is 16.8 Å². The molecule has 0 aromatic heterocycles. The van der Waals surface area contributed by atoms with Crippen molar-refractivity contribution >= 4 is 29.3 Å². The van der Waals surface area contributed by atoms with Gasteiger partial charge in [-0.3, -0.25) is 9.59 Å². The molecule has 1 aromatic carbocycles. The van der Waals surface area contributed by atoms with Crippen LogP contribution in [0.1, 0.15) is 11.1 Å². The number of nitrogens with one attached hydrogen (secondary N) is 1. The molecule has 5 nitrogen and oxygen atoms in total. The number of amides is 1. The van der Waals surface area contributed by atoms with E-state index in [2.05, 4.69) is 5.32 Å². The molecule has 0 spiro atoms. The van der Waals surface area contributed by atoms with Crippen molar-refractivity contribution in [1.29, 1.82) is 0 Å². The summed E-state index contributed by atoms with van der Waals surface area (Å²) in [6.45, 7) is 3.98. The smallest absolute Gasteiger partial charge is 0.321 e. The number of carbonyl (C=O) groups excluding carboxylic acids is 1. The number of thioether (sulfide) groups is 1. The lowest BCUT2D eigenvalue weighted by atomic mass is 10.1. The maximum Gasteiger partial charge on any atom is 0.321 e. The molecule has 6 heteroatoms. The van der Waals surface area contributed by atoms with E-state index in [0.717, 1.165) is 11.3 Å². The molecule has 0 fully saturated rings. The minimum atomic E-state index is -1.05. The number of anilines is 1. The number of hydrogen-bond donors (Lipinski definition) is 3.